The van der Waals surface area contributed by atoms with Crippen LogP contribution in [0.3, 0.4) is 0 Å². The quantitative estimate of drug-likeness (QED) is 0.411. The number of nitrogens with zero attached hydrogens (tertiary/aromatic N) is 2. The van der Waals surface area contributed by atoms with E-state index in [0.717, 1.165) is 24.3 Å². The average molecular weight is 426 g/mol. The van der Waals surface area contributed by atoms with Gasteiger partial charge in [0.1, 0.15) is 6.61 Å². The van der Waals surface area contributed by atoms with Crippen molar-refractivity contribution in [1.82, 2.24) is 9.80 Å². The van der Waals surface area contributed by atoms with Gasteiger partial charge in [0.2, 0.25) is 5.91 Å². The zero-order chi connectivity index (χ0) is 21.8. The molecule has 1 aromatic carbocycles. The third-order valence-electron chi connectivity index (χ3n) is 5.11. The van der Waals surface area contributed by atoms with E-state index in [-0.39, 0.29) is 24.8 Å². The molecule has 7 nitrogen and oxygen atoms in total. The van der Waals surface area contributed by atoms with Gasteiger partial charge in [-0.2, -0.15) is 0 Å². The summed E-state index contributed by atoms with van der Waals surface area (Å²) in [4.78, 5) is 39.3. The SMILES string of the molecule is CCOC(=O)C1COC(=O)N1C1CCN(C(=O)C=Cc2ccc(F)c(F)c2F)CC1. The van der Waals surface area contributed by atoms with Gasteiger partial charge in [0.05, 0.1) is 6.61 Å². The van der Waals surface area contributed by atoms with E-state index in [1.165, 1.54) is 9.80 Å². The lowest BCUT2D eigenvalue weighted by molar-refractivity contribution is -0.148. The summed E-state index contributed by atoms with van der Waals surface area (Å²) in [7, 11) is 0. The van der Waals surface area contributed by atoms with Crippen LogP contribution in [0.5, 0.6) is 0 Å². The van der Waals surface area contributed by atoms with Crippen LogP contribution in [0.1, 0.15) is 25.3 Å². The Hall–Kier alpha value is -3.04. The van der Waals surface area contributed by atoms with Gasteiger partial charge in [-0.3, -0.25) is 9.69 Å². The van der Waals surface area contributed by atoms with E-state index in [1.54, 1.807) is 6.92 Å². The van der Waals surface area contributed by atoms with Crippen LogP contribution in [-0.4, -0.2) is 66.2 Å². The van der Waals surface area contributed by atoms with Crippen molar-refractivity contribution in [1.29, 1.82) is 0 Å². The molecular formula is C20H21F3N2O5. The van der Waals surface area contributed by atoms with E-state index in [1.807, 2.05) is 0 Å². The number of amides is 2. The van der Waals surface area contributed by atoms with Crippen molar-refractivity contribution in [2.45, 2.75) is 31.8 Å². The number of halogens is 3. The minimum atomic E-state index is -1.60. The summed E-state index contributed by atoms with van der Waals surface area (Å²) < 4.78 is 49.9. The predicted molar refractivity (Wildman–Crippen MR) is 98.6 cm³/mol. The largest absolute Gasteiger partial charge is 0.464 e. The average Bonchev–Trinajstić information content (AvgIpc) is 3.13. The van der Waals surface area contributed by atoms with Gasteiger partial charge in [-0.25, -0.2) is 22.8 Å². The predicted octanol–water partition coefficient (Wildman–Crippen LogP) is 2.49. The summed E-state index contributed by atoms with van der Waals surface area (Å²) in [6.45, 7) is 2.39. The standard InChI is InChI=1S/C20H21F3N2O5/c1-2-29-19(27)15-11-30-20(28)25(15)13-7-9-24(10-8-13)16(26)6-4-12-3-5-14(21)18(23)17(12)22/h3-6,13,15H,2,7-11H2,1H3. The van der Waals surface area contributed by atoms with Crippen LogP contribution in [-0.2, 0) is 19.1 Å². The fraction of sp³-hybridized carbons (Fsp3) is 0.450. The number of rotatable bonds is 5. The van der Waals surface area contributed by atoms with Crippen molar-refractivity contribution >= 4 is 24.0 Å². The molecule has 3 rings (SSSR count). The van der Waals surface area contributed by atoms with Crippen molar-refractivity contribution in [3.63, 3.8) is 0 Å². The molecule has 2 heterocycles. The van der Waals surface area contributed by atoms with Crippen LogP contribution in [0.15, 0.2) is 18.2 Å². The molecule has 0 radical (unpaired) electrons. The Morgan fingerprint density at radius 2 is 1.90 bits per heavy atom. The van der Waals surface area contributed by atoms with Crippen molar-refractivity contribution in [2.24, 2.45) is 0 Å². The van der Waals surface area contributed by atoms with Crippen LogP contribution in [0, 0.1) is 17.5 Å². The van der Waals surface area contributed by atoms with E-state index >= 15 is 0 Å². The maximum absolute atomic E-state index is 13.7. The first-order valence-electron chi connectivity index (χ1n) is 9.55. The Bertz CT molecular complexity index is 868. The summed E-state index contributed by atoms with van der Waals surface area (Å²) in [6.07, 6.45) is 2.42. The third-order valence-corrected chi connectivity index (χ3v) is 5.11. The molecule has 2 aliphatic heterocycles. The van der Waals surface area contributed by atoms with Gasteiger partial charge in [-0.15, -0.1) is 0 Å². The van der Waals surface area contributed by atoms with E-state index in [4.69, 9.17) is 9.47 Å². The molecule has 2 aliphatic rings. The molecule has 2 saturated heterocycles. The number of carbonyl (C=O) groups is 3. The topological polar surface area (TPSA) is 76.2 Å². The van der Waals surface area contributed by atoms with E-state index in [2.05, 4.69) is 0 Å². The van der Waals surface area contributed by atoms with Crippen LogP contribution in [0.25, 0.3) is 6.08 Å². The van der Waals surface area contributed by atoms with Crippen LogP contribution < -0.4 is 0 Å². The summed E-state index contributed by atoms with van der Waals surface area (Å²) in [5, 5.41) is 0. The number of hydrogen-bond acceptors (Lipinski definition) is 5. The van der Waals surface area contributed by atoms with E-state index in [9.17, 15) is 27.6 Å². The molecule has 0 saturated carbocycles. The third kappa shape index (κ3) is 4.42. The van der Waals surface area contributed by atoms with Gasteiger partial charge >= 0.3 is 12.1 Å². The minimum absolute atomic E-state index is 0.0701. The summed E-state index contributed by atoms with van der Waals surface area (Å²) in [5.74, 6) is -5.23. The molecule has 10 heteroatoms. The number of cyclic esters (lactones) is 1. The van der Waals surface area contributed by atoms with Gasteiger partial charge < -0.3 is 14.4 Å². The zero-order valence-corrected chi connectivity index (χ0v) is 16.3. The first-order valence-corrected chi connectivity index (χ1v) is 9.55. The van der Waals surface area contributed by atoms with Gasteiger partial charge in [-0.1, -0.05) is 0 Å². The smallest absolute Gasteiger partial charge is 0.410 e. The van der Waals surface area contributed by atoms with Crippen LogP contribution in [0.2, 0.25) is 0 Å². The Labute approximate surface area is 171 Å². The Morgan fingerprint density at radius 1 is 1.20 bits per heavy atom. The Kier molecular flexibility index (Phi) is 6.63. The molecule has 0 N–H and O–H groups in total. The van der Waals surface area contributed by atoms with Crippen molar-refractivity contribution in [2.75, 3.05) is 26.3 Å². The molecule has 1 aromatic rings. The second kappa shape index (κ2) is 9.19. The van der Waals surface area contributed by atoms with E-state index in [0.29, 0.717) is 25.9 Å². The molecule has 0 aromatic heterocycles. The number of hydrogen-bond donors (Lipinski definition) is 0. The van der Waals surface area contributed by atoms with Gasteiger partial charge in [0.25, 0.3) is 0 Å². The summed E-state index contributed by atoms with van der Waals surface area (Å²) in [6, 6.07) is 0.730. The number of esters is 1. The first-order chi connectivity index (χ1) is 14.3. The highest BCUT2D eigenvalue weighted by Crippen LogP contribution is 2.25. The molecule has 162 valence electrons. The minimum Gasteiger partial charge on any atom is -0.464 e. The van der Waals surface area contributed by atoms with Gasteiger partial charge in [0, 0.05) is 30.8 Å². The highest BCUT2D eigenvalue weighted by Gasteiger charge is 2.44. The number of piperidine rings is 1. The number of likely N-dealkylation sites (tertiary alicyclic amines) is 1. The monoisotopic (exact) mass is 426 g/mol. The molecule has 0 spiro atoms. The molecule has 1 atom stereocenters. The van der Waals surface area contributed by atoms with Crippen molar-refractivity contribution < 1.29 is 37.0 Å². The fourth-order valence-corrected chi connectivity index (χ4v) is 3.56. The molecular weight excluding hydrogens is 405 g/mol. The molecule has 2 amide bonds. The van der Waals surface area contributed by atoms with Crippen LogP contribution >= 0.6 is 0 Å². The second-order valence-corrected chi connectivity index (χ2v) is 6.91. The molecule has 0 bridgehead atoms. The lowest BCUT2D eigenvalue weighted by Crippen LogP contribution is -2.51. The summed E-state index contributed by atoms with van der Waals surface area (Å²) >= 11 is 0. The second-order valence-electron chi connectivity index (χ2n) is 6.91. The Balaban J connectivity index is 1.60. The number of ether oxygens (including phenoxy) is 2. The molecule has 2 fully saturated rings. The van der Waals surface area contributed by atoms with Crippen molar-refractivity contribution in [3.8, 4) is 0 Å². The van der Waals surface area contributed by atoms with Gasteiger partial charge in [-0.05, 0) is 38.0 Å². The Morgan fingerprint density at radius 3 is 2.57 bits per heavy atom. The maximum atomic E-state index is 13.7. The molecule has 1 unspecified atom stereocenters. The van der Waals surface area contributed by atoms with Crippen molar-refractivity contribution in [3.05, 3.63) is 41.2 Å². The van der Waals surface area contributed by atoms with Gasteiger partial charge in [0.15, 0.2) is 23.5 Å². The maximum Gasteiger partial charge on any atom is 0.410 e. The lowest BCUT2D eigenvalue weighted by atomic mass is 10.0. The number of benzene rings is 1. The first kappa shape index (κ1) is 21.7. The lowest BCUT2D eigenvalue weighted by Gasteiger charge is -2.36. The van der Waals surface area contributed by atoms with E-state index < -0.39 is 41.5 Å². The summed E-state index contributed by atoms with van der Waals surface area (Å²) in [5.41, 5.74) is -0.241. The zero-order valence-electron chi connectivity index (χ0n) is 16.3. The molecule has 30 heavy (non-hydrogen) atoms. The normalized spacial score (nSPS) is 20.0. The van der Waals surface area contributed by atoms with Crippen LogP contribution in [0.4, 0.5) is 18.0 Å². The molecule has 0 aliphatic carbocycles. The highest BCUT2D eigenvalue weighted by molar-refractivity contribution is 5.92. The highest BCUT2D eigenvalue weighted by atomic mass is 19.2. The fourth-order valence-electron chi connectivity index (χ4n) is 3.56. The number of carbonyl (C=O) groups excluding carboxylic acids is 3.